The third kappa shape index (κ3) is 4.16. The molecule has 0 saturated carbocycles. The van der Waals surface area contributed by atoms with E-state index < -0.39 is 17.5 Å². The van der Waals surface area contributed by atoms with E-state index in [1.54, 1.807) is 31.2 Å². The molecular formula is C20H24ClN3O3. The Bertz CT molecular complexity index is 792. The van der Waals surface area contributed by atoms with Crippen LogP contribution >= 0.6 is 11.6 Å². The standard InChI is InChI=1S/C20H24ClN3O3/c1-20(15-9-5-6-10-16(15)21)18(26)24(19(27)23-20)13-17(25)22-12-11-14-7-3-2-4-8-14/h5-7,9-10H,2-4,8,11-13H2,1H3,(H,22,25)(H,23,27)/t20-/m0/s1. The molecule has 27 heavy (non-hydrogen) atoms. The number of hydrogen-bond acceptors (Lipinski definition) is 3. The maximum Gasteiger partial charge on any atom is 0.325 e. The van der Waals surface area contributed by atoms with E-state index in [0.717, 1.165) is 24.2 Å². The van der Waals surface area contributed by atoms with Gasteiger partial charge in [-0.2, -0.15) is 0 Å². The fraction of sp³-hybridized carbons (Fsp3) is 0.450. The minimum Gasteiger partial charge on any atom is -0.354 e. The Kier molecular flexibility index (Phi) is 5.85. The predicted octanol–water partition coefficient (Wildman–Crippen LogP) is 3.11. The molecule has 0 radical (unpaired) electrons. The monoisotopic (exact) mass is 389 g/mol. The summed E-state index contributed by atoms with van der Waals surface area (Å²) in [4.78, 5) is 38.3. The maximum atomic E-state index is 12.8. The second-order valence-corrected chi connectivity index (χ2v) is 7.54. The van der Waals surface area contributed by atoms with Crippen LogP contribution in [0.3, 0.4) is 0 Å². The molecule has 144 valence electrons. The topological polar surface area (TPSA) is 78.5 Å². The van der Waals surface area contributed by atoms with Crippen LogP contribution in [0.1, 0.15) is 44.6 Å². The van der Waals surface area contributed by atoms with Gasteiger partial charge in [-0.25, -0.2) is 4.79 Å². The third-order valence-corrected chi connectivity index (χ3v) is 5.47. The zero-order valence-electron chi connectivity index (χ0n) is 15.4. The highest BCUT2D eigenvalue weighted by Gasteiger charge is 2.50. The molecule has 1 aromatic rings. The summed E-state index contributed by atoms with van der Waals surface area (Å²) in [5, 5.41) is 5.85. The van der Waals surface area contributed by atoms with Gasteiger partial charge in [-0.05, 0) is 45.1 Å². The highest BCUT2D eigenvalue weighted by molar-refractivity contribution is 6.32. The molecule has 1 aromatic carbocycles. The minimum absolute atomic E-state index is 0.302. The van der Waals surface area contributed by atoms with E-state index in [9.17, 15) is 14.4 Å². The summed E-state index contributed by atoms with van der Waals surface area (Å²) in [6, 6.07) is 6.27. The van der Waals surface area contributed by atoms with Crippen LogP contribution in [-0.4, -0.2) is 35.8 Å². The van der Waals surface area contributed by atoms with E-state index in [-0.39, 0.29) is 12.5 Å². The first kappa shape index (κ1) is 19.4. The van der Waals surface area contributed by atoms with E-state index in [0.29, 0.717) is 17.1 Å². The Morgan fingerprint density at radius 2 is 2.07 bits per heavy atom. The predicted molar refractivity (Wildman–Crippen MR) is 103 cm³/mol. The molecule has 0 aromatic heterocycles. The number of amides is 4. The van der Waals surface area contributed by atoms with Crippen LogP contribution in [0.2, 0.25) is 5.02 Å². The second-order valence-electron chi connectivity index (χ2n) is 7.13. The van der Waals surface area contributed by atoms with Crippen LogP contribution in [0.15, 0.2) is 35.9 Å². The first-order valence-corrected chi connectivity index (χ1v) is 9.63. The smallest absolute Gasteiger partial charge is 0.325 e. The molecule has 3 rings (SSSR count). The molecule has 1 aliphatic heterocycles. The molecule has 0 unspecified atom stereocenters. The van der Waals surface area contributed by atoms with Crippen molar-refractivity contribution in [1.82, 2.24) is 15.5 Å². The van der Waals surface area contributed by atoms with E-state index in [1.165, 1.54) is 18.4 Å². The molecule has 1 saturated heterocycles. The summed E-state index contributed by atoms with van der Waals surface area (Å²) in [5.41, 5.74) is 0.600. The molecule has 1 atom stereocenters. The van der Waals surface area contributed by atoms with Crippen LogP contribution in [0, 0.1) is 0 Å². The molecule has 1 fully saturated rings. The molecule has 2 aliphatic rings. The summed E-state index contributed by atoms with van der Waals surface area (Å²) in [5.74, 6) is -0.830. The molecule has 0 bridgehead atoms. The van der Waals surface area contributed by atoms with Crippen molar-refractivity contribution in [3.8, 4) is 0 Å². The first-order chi connectivity index (χ1) is 12.9. The zero-order chi connectivity index (χ0) is 19.4. The normalized spacial score (nSPS) is 22.4. The second kappa shape index (κ2) is 8.13. The van der Waals surface area contributed by atoms with Crippen molar-refractivity contribution in [2.24, 2.45) is 0 Å². The number of allylic oxidation sites excluding steroid dienone is 1. The van der Waals surface area contributed by atoms with Crippen molar-refractivity contribution in [3.63, 3.8) is 0 Å². The molecule has 0 spiro atoms. The van der Waals surface area contributed by atoms with E-state index in [1.807, 2.05) is 0 Å². The minimum atomic E-state index is -1.28. The van der Waals surface area contributed by atoms with Crippen LogP contribution < -0.4 is 10.6 Å². The molecular weight excluding hydrogens is 366 g/mol. The van der Waals surface area contributed by atoms with Gasteiger partial charge in [0.25, 0.3) is 5.91 Å². The van der Waals surface area contributed by atoms with Crippen molar-refractivity contribution in [2.75, 3.05) is 13.1 Å². The Balaban J connectivity index is 1.59. The lowest BCUT2D eigenvalue weighted by Crippen LogP contribution is -2.43. The van der Waals surface area contributed by atoms with Gasteiger partial charge >= 0.3 is 6.03 Å². The SMILES string of the molecule is C[C@@]1(c2ccccc2Cl)NC(=O)N(CC(=O)NCCC2=CCCCC2)C1=O. The number of urea groups is 1. The van der Waals surface area contributed by atoms with Gasteiger partial charge in [-0.15, -0.1) is 0 Å². The first-order valence-electron chi connectivity index (χ1n) is 9.25. The summed E-state index contributed by atoms with van der Waals surface area (Å²) in [7, 11) is 0. The fourth-order valence-electron chi connectivity index (χ4n) is 3.58. The van der Waals surface area contributed by atoms with Gasteiger partial charge in [0.2, 0.25) is 5.91 Å². The van der Waals surface area contributed by atoms with Gasteiger partial charge in [-0.3, -0.25) is 14.5 Å². The fourth-order valence-corrected chi connectivity index (χ4v) is 3.91. The number of carbonyl (C=O) groups is 3. The number of nitrogens with one attached hydrogen (secondary N) is 2. The van der Waals surface area contributed by atoms with Crippen LogP contribution in [0.25, 0.3) is 0 Å². The van der Waals surface area contributed by atoms with Gasteiger partial charge in [0.05, 0.1) is 0 Å². The Morgan fingerprint density at radius 3 is 2.78 bits per heavy atom. The Morgan fingerprint density at radius 1 is 1.30 bits per heavy atom. The highest BCUT2D eigenvalue weighted by atomic mass is 35.5. The third-order valence-electron chi connectivity index (χ3n) is 5.14. The lowest BCUT2D eigenvalue weighted by molar-refractivity contribution is -0.134. The number of hydrogen-bond donors (Lipinski definition) is 2. The van der Waals surface area contributed by atoms with Gasteiger partial charge in [-0.1, -0.05) is 41.4 Å². The molecule has 6 nitrogen and oxygen atoms in total. The summed E-state index contributed by atoms with van der Waals surface area (Å²) in [6.07, 6.45) is 7.66. The average Bonchev–Trinajstić information content (AvgIpc) is 2.87. The molecule has 4 amide bonds. The van der Waals surface area contributed by atoms with Crippen LogP contribution in [-0.2, 0) is 15.1 Å². The van der Waals surface area contributed by atoms with Crippen molar-refractivity contribution in [3.05, 3.63) is 46.5 Å². The molecule has 1 heterocycles. The van der Waals surface area contributed by atoms with Crippen molar-refractivity contribution < 1.29 is 14.4 Å². The maximum absolute atomic E-state index is 12.8. The largest absolute Gasteiger partial charge is 0.354 e. The average molecular weight is 390 g/mol. The Labute approximate surface area is 163 Å². The van der Waals surface area contributed by atoms with E-state index >= 15 is 0 Å². The van der Waals surface area contributed by atoms with Crippen molar-refractivity contribution >= 4 is 29.4 Å². The lowest BCUT2D eigenvalue weighted by atomic mass is 9.92. The van der Waals surface area contributed by atoms with E-state index in [4.69, 9.17) is 11.6 Å². The number of nitrogens with zero attached hydrogens (tertiary/aromatic N) is 1. The van der Waals surface area contributed by atoms with Crippen LogP contribution in [0.4, 0.5) is 4.79 Å². The van der Waals surface area contributed by atoms with Gasteiger partial charge < -0.3 is 10.6 Å². The number of rotatable bonds is 6. The number of imide groups is 1. The molecule has 1 aliphatic carbocycles. The van der Waals surface area contributed by atoms with Gasteiger partial charge in [0.15, 0.2) is 0 Å². The van der Waals surface area contributed by atoms with Crippen molar-refractivity contribution in [1.29, 1.82) is 0 Å². The number of carbonyl (C=O) groups excluding carboxylic acids is 3. The summed E-state index contributed by atoms with van der Waals surface area (Å²) < 4.78 is 0. The van der Waals surface area contributed by atoms with Crippen molar-refractivity contribution in [2.45, 2.75) is 44.6 Å². The van der Waals surface area contributed by atoms with Gasteiger partial charge in [0, 0.05) is 17.1 Å². The zero-order valence-corrected chi connectivity index (χ0v) is 16.1. The van der Waals surface area contributed by atoms with Crippen LogP contribution in [0.5, 0.6) is 0 Å². The van der Waals surface area contributed by atoms with E-state index in [2.05, 4.69) is 16.7 Å². The highest BCUT2D eigenvalue weighted by Crippen LogP contribution is 2.33. The quantitative estimate of drug-likeness (QED) is 0.579. The summed E-state index contributed by atoms with van der Waals surface area (Å²) >= 11 is 6.20. The van der Waals surface area contributed by atoms with Gasteiger partial charge in [0.1, 0.15) is 12.1 Å². The Hall–Kier alpha value is -2.34. The molecule has 7 heteroatoms. The number of halogens is 1. The molecule has 2 N–H and O–H groups in total. The summed E-state index contributed by atoms with van der Waals surface area (Å²) in [6.45, 7) is 1.81. The number of benzene rings is 1. The lowest BCUT2D eigenvalue weighted by Gasteiger charge is -2.23.